The van der Waals surface area contributed by atoms with Gasteiger partial charge in [-0.05, 0) is 43.5 Å². The maximum Gasteiger partial charge on any atom is 0.129 e. The lowest BCUT2D eigenvalue weighted by molar-refractivity contribution is 0.600. The van der Waals surface area contributed by atoms with Gasteiger partial charge in [-0.3, -0.25) is 0 Å². The standard InChI is InChI=1S/C17H17BrFN/c1-12-9-10-13-5-2-3-7-16(13)20(12)17-8-4-6-15(19)14(17)11-18/h2-8,12H,9-11H2,1H3. The molecule has 0 bridgehead atoms. The molecular formula is C17H17BrFN. The van der Waals surface area contributed by atoms with Crippen molar-refractivity contribution in [1.29, 1.82) is 0 Å². The molecule has 1 aliphatic heterocycles. The molecule has 1 aliphatic rings. The van der Waals surface area contributed by atoms with Crippen molar-refractivity contribution in [2.24, 2.45) is 0 Å². The summed E-state index contributed by atoms with van der Waals surface area (Å²) in [5.74, 6) is -0.144. The number of fused-ring (bicyclic) bond motifs is 1. The molecule has 1 atom stereocenters. The Kier molecular flexibility index (Phi) is 3.79. The van der Waals surface area contributed by atoms with Gasteiger partial charge < -0.3 is 4.90 Å². The highest BCUT2D eigenvalue weighted by atomic mass is 79.9. The van der Waals surface area contributed by atoms with E-state index < -0.39 is 0 Å². The van der Waals surface area contributed by atoms with Crippen LogP contribution in [0.25, 0.3) is 0 Å². The fraction of sp³-hybridized carbons (Fsp3) is 0.294. The number of para-hydroxylation sites is 1. The monoisotopic (exact) mass is 333 g/mol. The molecule has 0 spiro atoms. The maximum atomic E-state index is 14.1. The molecule has 0 amide bonds. The summed E-state index contributed by atoms with van der Waals surface area (Å²) in [6.45, 7) is 2.21. The van der Waals surface area contributed by atoms with Crippen molar-refractivity contribution in [1.82, 2.24) is 0 Å². The van der Waals surface area contributed by atoms with Crippen molar-refractivity contribution >= 4 is 27.3 Å². The third-order valence-electron chi connectivity index (χ3n) is 4.01. The first kappa shape index (κ1) is 13.6. The number of aryl methyl sites for hydroxylation is 1. The molecule has 0 aromatic heterocycles. The Morgan fingerprint density at radius 2 is 1.90 bits per heavy atom. The molecule has 2 aromatic rings. The van der Waals surface area contributed by atoms with Crippen LogP contribution in [0.3, 0.4) is 0 Å². The molecule has 20 heavy (non-hydrogen) atoms. The van der Waals surface area contributed by atoms with Gasteiger partial charge in [0.15, 0.2) is 0 Å². The van der Waals surface area contributed by atoms with E-state index in [1.165, 1.54) is 17.3 Å². The molecule has 104 valence electrons. The summed E-state index contributed by atoms with van der Waals surface area (Å²) >= 11 is 3.42. The normalized spacial score (nSPS) is 17.9. The number of hydrogen-bond donors (Lipinski definition) is 0. The second-order valence-electron chi connectivity index (χ2n) is 5.26. The van der Waals surface area contributed by atoms with Crippen molar-refractivity contribution in [3.8, 4) is 0 Å². The van der Waals surface area contributed by atoms with Crippen LogP contribution >= 0.6 is 15.9 Å². The predicted molar refractivity (Wildman–Crippen MR) is 85.4 cm³/mol. The van der Waals surface area contributed by atoms with E-state index in [2.05, 4.69) is 52.0 Å². The molecule has 0 saturated heterocycles. The number of benzene rings is 2. The third kappa shape index (κ3) is 2.24. The SMILES string of the molecule is CC1CCc2ccccc2N1c1cccc(F)c1CBr. The Labute approximate surface area is 127 Å². The Morgan fingerprint density at radius 1 is 1.15 bits per heavy atom. The fourth-order valence-corrected chi connectivity index (χ4v) is 3.52. The lowest BCUT2D eigenvalue weighted by Crippen LogP contribution is -2.33. The molecule has 2 aromatic carbocycles. The summed E-state index contributed by atoms with van der Waals surface area (Å²) < 4.78 is 14.1. The average molecular weight is 334 g/mol. The van der Waals surface area contributed by atoms with Gasteiger partial charge in [-0.25, -0.2) is 4.39 Å². The van der Waals surface area contributed by atoms with Crippen LogP contribution in [0.2, 0.25) is 0 Å². The van der Waals surface area contributed by atoms with Gasteiger partial charge in [0.2, 0.25) is 0 Å². The van der Waals surface area contributed by atoms with E-state index in [0.29, 0.717) is 11.4 Å². The van der Waals surface area contributed by atoms with Crippen LogP contribution in [-0.4, -0.2) is 6.04 Å². The summed E-state index contributed by atoms with van der Waals surface area (Å²) in [6, 6.07) is 14.1. The first-order valence-corrected chi connectivity index (χ1v) is 8.05. The minimum Gasteiger partial charge on any atom is -0.338 e. The number of nitrogens with zero attached hydrogens (tertiary/aromatic N) is 1. The molecule has 1 nitrogen and oxygen atoms in total. The number of halogens is 2. The number of alkyl halides is 1. The lowest BCUT2D eigenvalue weighted by atomic mass is 9.95. The Balaban J connectivity index is 2.17. The highest BCUT2D eigenvalue weighted by molar-refractivity contribution is 9.08. The van der Waals surface area contributed by atoms with Crippen LogP contribution < -0.4 is 4.90 Å². The Hall–Kier alpha value is -1.35. The van der Waals surface area contributed by atoms with Crippen molar-refractivity contribution < 1.29 is 4.39 Å². The van der Waals surface area contributed by atoms with E-state index >= 15 is 0 Å². The van der Waals surface area contributed by atoms with Gasteiger partial charge in [0, 0.05) is 28.3 Å². The lowest BCUT2D eigenvalue weighted by Gasteiger charge is -2.38. The third-order valence-corrected chi connectivity index (χ3v) is 4.57. The van der Waals surface area contributed by atoms with E-state index in [4.69, 9.17) is 0 Å². The van der Waals surface area contributed by atoms with Crippen LogP contribution in [0.4, 0.5) is 15.8 Å². The quantitative estimate of drug-likeness (QED) is 0.683. The molecule has 1 heterocycles. The molecule has 0 saturated carbocycles. The highest BCUT2D eigenvalue weighted by Gasteiger charge is 2.26. The van der Waals surface area contributed by atoms with E-state index in [1.807, 2.05) is 6.07 Å². The zero-order valence-electron chi connectivity index (χ0n) is 11.4. The number of anilines is 2. The molecule has 0 N–H and O–H groups in total. The van der Waals surface area contributed by atoms with Gasteiger partial charge in [0.05, 0.1) is 0 Å². The molecular weight excluding hydrogens is 317 g/mol. The van der Waals surface area contributed by atoms with Gasteiger partial charge >= 0.3 is 0 Å². The molecule has 0 aliphatic carbocycles. The maximum absolute atomic E-state index is 14.1. The summed E-state index contributed by atoms with van der Waals surface area (Å²) in [4.78, 5) is 2.28. The van der Waals surface area contributed by atoms with Gasteiger partial charge in [-0.2, -0.15) is 0 Å². The zero-order valence-corrected chi connectivity index (χ0v) is 13.0. The van der Waals surface area contributed by atoms with Crippen molar-refractivity contribution in [2.45, 2.75) is 31.1 Å². The molecule has 3 rings (SSSR count). The predicted octanol–water partition coefficient (Wildman–Crippen LogP) is 5.19. The van der Waals surface area contributed by atoms with E-state index in [-0.39, 0.29) is 5.82 Å². The van der Waals surface area contributed by atoms with Gasteiger partial charge in [0.25, 0.3) is 0 Å². The second kappa shape index (κ2) is 5.57. The Morgan fingerprint density at radius 3 is 2.70 bits per heavy atom. The van der Waals surface area contributed by atoms with Gasteiger partial charge in [0.1, 0.15) is 5.82 Å². The topological polar surface area (TPSA) is 3.24 Å². The van der Waals surface area contributed by atoms with Crippen LogP contribution in [0.15, 0.2) is 42.5 Å². The van der Waals surface area contributed by atoms with Gasteiger partial charge in [-0.15, -0.1) is 0 Å². The van der Waals surface area contributed by atoms with E-state index in [0.717, 1.165) is 24.1 Å². The minimum atomic E-state index is -0.144. The van der Waals surface area contributed by atoms with Crippen molar-refractivity contribution in [3.05, 3.63) is 59.4 Å². The molecule has 1 unspecified atom stereocenters. The summed E-state index contributed by atoms with van der Waals surface area (Å²) in [7, 11) is 0. The minimum absolute atomic E-state index is 0.144. The zero-order chi connectivity index (χ0) is 14.1. The largest absolute Gasteiger partial charge is 0.338 e. The smallest absolute Gasteiger partial charge is 0.129 e. The molecule has 3 heteroatoms. The van der Waals surface area contributed by atoms with Gasteiger partial charge in [-0.1, -0.05) is 40.2 Å². The number of rotatable bonds is 2. The Bertz CT molecular complexity index is 626. The molecule has 0 radical (unpaired) electrons. The first-order valence-electron chi connectivity index (χ1n) is 6.93. The van der Waals surface area contributed by atoms with Crippen molar-refractivity contribution in [2.75, 3.05) is 4.90 Å². The van der Waals surface area contributed by atoms with E-state index in [1.54, 1.807) is 6.07 Å². The van der Waals surface area contributed by atoms with E-state index in [9.17, 15) is 4.39 Å². The summed E-state index contributed by atoms with van der Waals surface area (Å²) in [6.07, 6.45) is 2.18. The van der Waals surface area contributed by atoms with Crippen LogP contribution in [0.1, 0.15) is 24.5 Å². The van der Waals surface area contributed by atoms with Crippen LogP contribution in [-0.2, 0) is 11.8 Å². The molecule has 0 fully saturated rings. The number of hydrogen-bond acceptors (Lipinski definition) is 1. The highest BCUT2D eigenvalue weighted by Crippen LogP contribution is 2.39. The fourth-order valence-electron chi connectivity index (χ4n) is 2.96. The average Bonchev–Trinajstić information content (AvgIpc) is 2.47. The summed E-state index contributed by atoms with van der Waals surface area (Å²) in [5.41, 5.74) is 4.26. The van der Waals surface area contributed by atoms with Crippen LogP contribution in [0, 0.1) is 5.82 Å². The van der Waals surface area contributed by atoms with Crippen molar-refractivity contribution in [3.63, 3.8) is 0 Å². The first-order chi connectivity index (χ1) is 9.72. The van der Waals surface area contributed by atoms with Crippen LogP contribution in [0.5, 0.6) is 0 Å². The summed E-state index contributed by atoms with van der Waals surface area (Å²) in [5, 5.41) is 0.528. The second-order valence-corrected chi connectivity index (χ2v) is 5.82.